The van der Waals surface area contributed by atoms with E-state index in [0.29, 0.717) is 30.8 Å². The van der Waals surface area contributed by atoms with Crippen LogP contribution in [0.2, 0.25) is 0 Å². The normalized spacial score (nSPS) is 23.2. The van der Waals surface area contributed by atoms with Crippen LogP contribution in [0.1, 0.15) is 83.0 Å². The summed E-state index contributed by atoms with van der Waals surface area (Å²) >= 11 is 0. The van der Waals surface area contributed by atoms with Crippen LogP contribution in [0.25, 0.3) is 0 Å². The summed E-state index contributed by atoms with van der Waals surface area (Å²) in [5, 5.41) is 2.84. The summed E-state index contributed by atoms with van der Waals surface area (Å²) in [6, 6.07) is 6.05. The zero-order chi connectivity index (χ0) is 25.6. The molecule has 3 N–H and O–H groups in total. The number of rotatable bonds is 9. The lowest BCUT2D eigenvalue weighted by atomic mass is 9.64. The van der Waals surface area contributed by atoms with Gasteiger partial charge in [-0.15, -0.1) is 0 Å². The number of carbonyl (C=O) groups excluding carboxylic acids is 4. The van der Waals surface area contributed by atoms with E-state index in [2.05, 4.69) is 43.9 Å². The Balaban J connectivity index is 1.48. The van der Waals surface area contributed by atoms with Crippen molar-refractivity contribution in [2.45, 2.75) is 78.2 Å². The number of hydrogen-bond donors (Lipinski definition) is 3. The molecule has 35 heavy (non-hydrogen) atoms. The number of nitrogens with zero attached hydrogens (tertiary/aromatic N) is 1. The van der Waals surface area contributed by atoms with E-state index >= 15 is 0 Å². The van der Waals surface area contributed by atoms with Crippen molar-refractivity contribution in [2.75, 3.05) is 13.2 Å². The molecule has 1 heterocycles. The Labute approximate surface area is 207 Å². The molecule has 192 valence electrons. The zero-order valence-electron chi connectivity index (χ0n) is 21.2. The van der Waals surface area contributed by atoms with E-state index in [-0.39, 0.29) is 17.2 Å². The molecule has 1 saturated heterocycles. The molecular weight excluding hydrogens is 448 g/mol. The average molecular weight is 487 g/mol. The van der Waals surface area contributed by atoms with Crippen molar-refractivity contribution in [3.8, 4) is 5.75 Å². The number of hydrogen-bond acceptors (Lipinski definition) is 5. The molecular formula is C26H38N4O5. The van der Waals surface area contributed by atoms with Crippen LogP contribution < -0.4 is 20.9 Å². The molecule has 9 nitrogen and oxygen atoms in total. The van der Waals surface area contributed by atoms with Crippen LogP contribution in [0.3, 0.4) is 0 Å². The van der Waals surface area contributed by atoms with E-state index in [1.807, 2.05) is 0 Å². The summed E-state index contributed by atoms with van der Waals surface area (Å²) < 4.78 is 5.67. The maximum atomic E-state index is 13.1. The SMILES string of the molecule is CCCCCCOc1ccc(C(=O)NNC(=O)CN2C(=O)NC3(CC(C)CC(C)(C)C3)C2=O)cc1. The van der Waals surface area contributed by atoms with Crippen molar-refractivity contribution in [1.82, 2.24) is 21.1 Å². The Morgan fingerprint density at radius 3 is 2.46 bits per heavy atom. The first-order valence-corrected chi connectivity index (χ1v) is 12.5. The molecule has 1 spiro atoms. The van der Waals surface area contributed by atoms with Gasteiger partial charge >= 0.3 is 6.03 Å². The number of ether oxygens (including phenoxy) is 1. The van der Waals surface area contributed by atoms with Crippen LogP contribution >= 0.6 is 0 Å². The third-order valence-corrected chi connectivity index (χ3v) is 6.62. The van der Waals surface area contributed by atoms with Gasteiger partial charge in [0.25, 0.3) is 17.7 Å². The molecule has 2 aliphatic rings. The van der Waals surface area contributed by atoms with Crippen LogP contribution in [0.15, 0.2) is 24.3 Å². The average Bonchev–Trinajstić information content (AvgIpc) is 2.99. The standard InChI is InChI=1S/C26H38N4O5/c1-5-6-7-8-13-35-20-11-9-19(10-12-20)22(32)29-28-21(31)16-30-23(33)26(27-24(30)34)15-18(2)14-25(3,4)17-26/h9-12,18H,5-8,13-17H2,1-4H3,(H,27,34)(H,28,31)(H,29,32). The van der Waals surface area contributed by atoms with Crippen molar-refractivity contribution in [3.63, 3.8) is 0 Å². The minimum Gasteiger partial charge on any atom is -0.494 e. The maximum Gasteiger partial charge on any atom is 0.325 e. The number of urea groups is 1. The van der Waals surface area contributed by atoms with E-state index in [4.69, 9.17) is 4.74 Å². The van der Waals surface area contributed by atoms with Crippen molar-refractivity contribution in [3.05, 3.63) is 29.8 Å². The monoisotopic (exact) mass is 486 g/mol. The predicted molar refractivity (Wildman–Crippen MR) is 131 cm³/mol. The molecule has 1 aromatic carbocycles. The predicted octanol–water partition coefficient (Wildman–Crippen LogP) is 3.54. The highest BCUT2D eigenvalue weighted by Gasteiger charge is 2.56. The van der Waals surface area contributed by atoms with E-state index in [1.54, 1.807) is 24.3 Å². The molecule has 0 radical (unpaired) electrons. The first-order valence-electron chi connectivity index (χ1n) is 12.5. The number of benzene rings is 1. The first kappa shape index (κ1) is 26.5. The Bertz CT molecular complexity index is 946. The molecule has 0 aromatic heterocycles. The molecule has 5 amide bonds. The number of hydrazine groups is 1. The lowest BCUT2D eigenvalue weighted by molar-refractivity contribution is -0.137. The van der Waals surface area contributed by atoms with Gasteiger partial charge in [-0.25, -0.2) is 4.79 Å². The number of amides is 5. The van der Waals surface area contributed by atoms with Crippen LogP contribution in [-0.2, 0) is 9.59 Å². The third kappa shape index (κ3) is 6.74. The van der Waals surface area contributed by atoms with Crippen LogP contribution in [0.5, 0.6) is 5.75 Å². The van der Waals surface area contributed by atoms with Gasteiger partial charge in [-0.2, -0.15) is 0 Å². The Morgan fingerprint density at radius 2 is 1.80 bits per heavy atom. The second-order valence-electron chi connectivity index (χ2n) is 10.7. The summed E-state index contributed by atoms with van der Waals surface area (Å²) in [5.41, 5.74) is 3.90. The van der Waals surface area contributed by atoms with Gasteiger partial charge in [-0.3, -0.25) is 30.1 Å². The molecule has 1 aliphatic carbocycles. The van der Waals surface area contributed by atoms with Gasteiger partial charge in [-0.05, 0) is 61.3 Å². The maximum absolute atomic E-state index is 13.1. The van der Waals surface area contributed by atoms with Crippen molar-refractivity contribution in [2.24, 2.45) is 11.3 Å². The highest BCUT2D eigenvalue weighted by atomic mass is 16.5. The molecule has 1 aliphatic heterocycles. The fourth-order valence-electron chi connectivity index (χ4n) is 5.45. The van der Waals surface area contributed by atoms with Crippen LogP contribution in [0.4, 0.5) is 4.79 Å². The molecule has 9 heteroatoms. The highest BCUT2D eigenvalue weighted by Crippen LogP contribution is 2.46. The second-order valence-corrected chi connectivity index (χ2v) is 10.7. The minimum atomic E-state index is -0.971. The van der Waals surface area contributed by atoms with Gasteiger partial charge in [0.05, 0.1) is 6.61 Å². The summed E-state index contributed by atoms with van der Waals surface area (Å²) in [4.78, 5) is 51.4. The fraction of sp³-hybridized carbons (Fsp3) is 0.615. The van der Waals surface area contributed by atoms with Gasteiger partial charge in [0.1, 0.15) is 17.8 Å². The zero-order valence-corrected chi connectivity index (χ0v) is 21.2. The summed E-state index contributed by atoms with van der Waals surface area (Å²) in [7, 11) is 0. The van der Waals surface area contributed by atoms with Gasteiger partial charge in [0, 0.05) is 5.56 Å². The number of carbonyl (C=O) groups is 4. The molecule has 1 aromatic rings. The number of imide groups is 1. The Hall–Kier alpha value is -3.10. The smallest absolute Gasteiger partial charge is 0.325 e. The largest absolute Gasteiger partial charge is 0.494 e. The molecule has 1 saturated carbocycles. The first-order chi connectivity index (χ1) is 16.5. The van der Waals surface area contributed by atoms with E-state index in [1.165, 1.54) is 12.8 Å². The van der Waals surface area contributed by atoms with E-state index < -0.39 is 29.9 Å². The van der Waals surface area contributed by atoms with E-state index in [9.17, 15) is 19.2 Å². The molecule has 3 rings (SSSR count). The van der Waals surface area contributed by atoms with E-state index in [0.717, 1.165) is 24.2 Å². The number of nitrogens with one attached hydrogen (secondary N) is 3. The molecule has 2 unspecified atom stereocenters. The van der Waals surface area contributed by atoms with Crippen molar-refractivity contribution >= 4 is 23.8 Å². The van der Waals surface area contributed by atoms with Gasteiger partial charge in [-0.1, -0.05) is 47.0 Å². The molecule has 0 bridgehead atoms. The lowest BCUT2D eigenvalue weighted by Crippen LogP contribution is -2.54. The molecule has 2 atom stereocenters. The van der Waals surface area contributed by atoms with Gasteiger partial charge < -0.3 is 10.1 Å². The topological polar surface area (TPSA) is 117 Å². The molecule has 2 fully saturated rings. The van der Waals surface area contributed by atoms with Gasteiger partial charge in [0.2, 0.25) is 0 Å². The van der Waals surface area contributed by atoms with Gasteiger partial charge in [0.15, 0.2) is 0 Å². The summed E-state index contributed by atoms with van der Waals surface area (Å²) in [6.45, 7) is 8.55. The summed E-state index contributed by atoms with van der Waals surface area (Å²) in [5.74, 6) is -0.601. The minimum absolute atomic E-state index is 0.0948. The summed E-state index contributed by atoms with van der Waals surface area (Å²) in [6.07, 6.45) is 6.51. The Kier molecular flexibility index (Phi) is 8.40. The lowest BCUT2D eigenvalue weighted by Gasteiger charge is -2.43. The second kappa shape index (κ2) is 11.1. The van der Waals surface area contributed by atoms with Crippen LogP contribution in [0, 0.1) is 11.3 Å². The highest BCUT2D eigenvalue weighted by molar-refractivity contribution is 6.09. The number of unbranched alkanes of at least 4 members (excludes halogenated alkanes) is 3. The van der Waals surface area contributed by atoms with Crippen molar-refractivity contribution in [1.29, 1.82) is 0 Å². The third-order valence-electron chi connectivity index (χ3n) is 6.62. The van der Waals surface area contributed by atoms with Crippen molar-refractivity contribution < 1.29 is 23.9 Å². The fourth-order valence-corrected chi connectivity index (χ4v) is 5.45. The Morgan fingerprint density at radius 1 is 1.09 bits per heavy atom. The quantitative estimate of drug-likeness (QED) is 0.280. The van der Waals surface area contributed by atoms with Crippen LogP contribution in [-0.4, -0.2) is 47.3 Å².